The largest absolute Gasteiger partial charge is 0.492 e. The van der Waals surface area contributed by atoms with Crippen molar-refractivity contribution in [2.75, 3.05) is 38.3 Å². The van der Waals surface area contributed by atoms with Crippen molar-refractivity contribution >= 4 is 49.2 Å². The molecule has 0 aliphatic rings. The lowest BCUT2D eigenvalue weighted by Gasteiger charge is -2.10. The van der Waals surface area contributed by atoms with Gasteiger partial charge in [-0.15, -0.1) is 5.10 Å². The minimum Gasteiger partial charge on any atom is -0.492 e. The third-order valence-electron chi connectivity index (χ3n) is 4.41. The standard InChI is InChI=1S/C19H22N8O3S2/c1-26(2)9-10-30-13-5-8-15-16(11-13)31-19(23-15)27-17(20)24-18(25-27)22-12-3-6-14(7-4-12)32(21,28)29/h3-8,11H,9-10H2,1-2H3,(H2,21,28,29)(H3,20,22,24,25). The van der Waals surface area contributed by atoms with Crippen LogP contribution in [0, 0.1) is 0 Å². The number of nitrogens with zero attached hydrogens (tertiary/aromatic N) is 5. The minimum atomic E-state index is -3.76. The number of hydrogen-bond acceptors (Lipinski definition) is 10. The van der Waals surface area contributed by atoms with Gasteiger partial charge in [0.1, 0.15) is 12.4 Å². The summed E-state index contributed by atoms with van der Waals surface area (Å²) in [6.45, 7) is 1.41. The van der Waals surface area contributed by atoms with E-state index in [4.69, 9.17) is 15.6 Å². The van der Waals surface area contributed by atoms with Crippen molar-refractivity contribution in [3.8, 4) is 10.9 Å². The van der Waals surface area contributed by atoms with Crippen LogP contribution in [-0.4, -0.2) is 60.3 Å². The third kappa shape index (κ3) is 4.96. The van der Waals surface area contributed by atoms with E-state index in [1.165, 1.54) is 28.2 Å². The lowest BCUT2D eigenvalue weighted by molar-refractivity contribution is 0.261. The van der Waals surface area contributed by atoms with Crippen LogP contribution >= 0.6 is 11.3 Å². The average molecular weight is 475 g/mol. The van der Waals surface area contributed by atoms with Crippen molar-refractivity contribution in [1.82, 2.24) is 24.6 Å². The van der Waals surface area contributed by atoms with E-state index in [0.717, 1.165) is 22.5 Å². The number of ether oxygens (including phenoxy) is 1. The van der Waals surface area contributed by atoms with Crippen LogP contribution in [0.25, 0.3) is 15.3 Å². The maximum absolute atomic E-state index is 11.4. The molecule has 11 nitrogen and oxygen atoms in total. The summed E-state index contributed by atoms with van der Waals surface area (Å²) >= 11 is 1.41. The summed E-state index contributed by atoms with van der Waals surface area (Å²) < 4.78 is 30.9. The predicted molar refractivity (Wildman–Crippen MR) is 124 cm³/mol. The maximum Gasteiger partial charge on any atom is 0.248 e. The molecule has 0 fully saturated rings. The number of sulfonamides is 1. The van der Waals surface area contributed by atoms with Crippen molar-refractivity contribution in [2.24, 2.45) is 5.14 Å². The number of benzene rings is 2. The van der Waals surface area contributed by atoms with Crippen LogP contribution in [0.3, 0.4) is 0 Å². The number of hydrogen-bond donors (Lipinski definition) is 3. The Morgan fingerprint density at radius 1 is 1.16 bits per heavy atom. The second-order valence-corrected chi connectivity index (χ2v) is 9.75. The first-order valence-corrected chi connectivity index (χ1v) is 11.9. The average Bonchev–Trinajstić information content (AvgIpc) is 3.30. The Morgan fingerprint density at radius 2 is 1.91 bits per heavy atom. The van der Waals surface area contributed by atoms with E-state index in [-0.39, 0.29) is 16.8 Å². The normalized spacial score (nSPS) is 11.9. The lowest BCUT2D eigenvalue weighted by atomic mass is 10.3. The molecule has 0 radical (unpaired) electrons. The van der Waals surface area contributed by atoms with Crippen LogP contribution in [0.2, 0.25) is 0 Å². The minimum absolute atomic E-state index is 0.0144. The zero-order valence-corrected chi connectivity index (χ0v) is 19.0. The predicted octanol–water partition coefficient (Wildman–Crippen LogP) is 1.79. The molecular weight excluding hydrogens is 452 g/mol. The van der Waals surface area contributed by atoms with Crippen molar-refractivity contribution < 1.29 is 13.2 Å². The van der Waals surface area contributed by atoms with Gasteiger partial charge in [-0.2, -0.15) is 9.67 Å². The molecule has 0 saturated carbocycles. The molecule has 5 N–H and O–H groups in total. The first-order chi connectivity index (χ1) is 15.2. The monoisotopic (exact) mass is 474 g/mol. The lowest BCUT2D eigenvalue weighted by Crippen LogP contribution is -2.19. The molecule has 13 heteroatoms. The number of aromatic nitrogens is 4. The Hall–Kier alpha value is -3.26. The van der Waals surface area contributed by atoms with Gasteiger partial charge in [-0.3, -0.25) is 0 Å². The number of primary sulfonamides is 1. The highest BCUT2D eigenvalue weighted by atomic mass is 32.2. The van der Waals surface area contributed by atoms with E-state index in [1.807, 2.05) is 32.3 Å². The highest BCUT2D eigenvalue weighted by Crippen LogP contribution is 2.29. The smallest absolute Gasteiger partial charge is 0.248 e. The summed E-state index contributed by atoms with van der Waals surface area (Å²) in [5.74, 6) is 1.18. The Bertz CT molecular complexity index is 1350. The summed E-state index contributed by atoms with van der Waals surface area (Å²) in [5.41, 5.74) is 7.43. The number of thiazole rings is 1. The van der Waals surface area contributed by atoms with Gasteiger partial charge >= 0.3 is 0 Å². The van der Waals surface area contributed by atoms with Crippen molar-refractivity contribution in [2.45, 2.75) is 4.90 Å². The van der Waals surface area contributed by atoms with Crippen LogP contribution in [0.4, 0.5) is 17.6 Å². The van der Waals surface area contributed by atoms with Gasteiger partial charge in [0.15, 0.2) is 0 Å². The van der Waals surface area contributed by atoms with Crippen LogP contribution in [0.1, 0.15) is 0 Å². The highest BCUT2D eigenvalue weighted by molar-refractivity contribution is 7.89. The Kier molecular flexibility index (Phi) is 5.97. The van der Waals surface area contributed by atoms with Gasteiger partial charge < -0.3 is 20.7 Å². The zero-order valence-electron chi connectivity index (χ0n) is 17.4. The van der Waals surface area contributed by atoms with Gasteiger partial charge in [0.2, 0.25) is 27.1 Å². The van der Waals surface area contributed by atoms with Crippen molar-refractivity contribution in [3.63, 3.8) is 0 Å². The van der Waals surface area contributed by atoms with Crippen LogP contribution in [0.5, 0.6) is 5.75 Å². The van der Waals surface area contributed by atoms with Crippen LogP contribution in [-0.2, 0) is 10.0 Å². The van der Waals surface area contributed by atoms with Gasteiger partial charge in [-0.25, -0.2) is 18.5 Å². The summed E-state index contributed by atoms with van der Waals surface area (Å²) in [6, 6.07) is 11.6. The van der Waals surface area contributed by atoms with Crippen LogP contribution < -0.4 is 20.9 Å². The summed E-state index contributed by atoms with van der Waals surface area (Å²) in [6.07, 6.45) is 0. The molecule has 0 bridgehead atoms. The number of likely N-dealkylation sites (N-methyl/N-ethyl adjacent to an activating group) is 1. The van der Waals surface area contributed by atoms with E-state index in [2.05, 4.69) is 25.3 Å². The molecule has 4 rings (SSSR count). The molecule has 0 aliphatic carbocycles. The Labute approximate surface area is 188 Å². The van der Waals surface area contributed by atoms with E-state index in [0.29, 0.717) is 17.4 Å². The molecule has 2 aromatic heterocycles. The molecule has 4 aromatic rings. The summed E-state index contributed by atoms with van der Waals surface area (Å²) in [5, 5.41) is 13.0. The topological polar surface area (TPSA) is 154 Å². The molecule has 32 heavy (non-hydrogen) atoms. The fourth-order valence-corrected chi connectivity index (χ4v) is 4.26. The van der Waals surface area contributed by atoms with E-state index < -0.39 is 10.0 Å². The number of fused-ring (bicyclic) bond motifs is 1. The van der Waals surface area contributed by atoms with Crippen LogP contribution in [0.15, 0.2) is 47.4 Å². The number of nitrogens with two attached hydrogens (primary N) is 2. The Balaban J connectivity index is 1.53. The van der Waals surface area contributed by atoms with Crippen molar-refractivity contribution in [3.05, 3.63) is 42.5 Å². The van der Waals surface area contributed by atoms with E-state index in [9.17, 15) is 8.42 Å². The highest BCUT2D eigenvalue weighted by Gasteiger charge is 2.14. The molecule has 168 valence electrons. The Morgan fingerprint density at radius 3 is 2.59 bits per heavy atom. The molecular formula is C19H22N8O3S2. The van der Waals surface area contributed by atoms with Crippen molar-refractivity contribution in [1.29, 1.82) is 0 Å². The van der Waals surface area contributed by atoms with Gasteiger partial charge in [0.25, 0.3) is 0 Å². The van der Waals surface area contributed by atoms with E-state index in [1.54, 1.807) is 12.1 Å². The first kappa shape index (κ1) is 22.0. The number of nitrogen functional groups attached to an aromatic ring is 1. The maximum atomic E-state index is 11.4. The fourth-order valence-electron chi connectivity index (χ4n) is 2.79. The molecule has 0 spiro atoms. The molecule has 0 unspecified atom stereocenters. The van der Waals surface area contributed by atoms with Gasteiger partial charge in [-0.1, -0.05) is 11.3 Å². The summed E-state index contributed by atoms with van der Waals surface area (Å²) in [4.78, 5) is 10.9. The third-order valence-corrected chi connectivity index (χ3v) is 6.33. The molecule has 2 heterocycles. The second-order valence-electron chi connectivity index (χ2n) is 7.18. The molecule has 0 amide bonds. The van der Waals surface area contributed by atoms with Gasteiger partial charge in [-0.05, 0) is 56.6 Å². The SMILES string of the molecule is CN(C)CCOc1ccc2nc(-n3nc(Nc4ccc(S(N)(=O)=O)cc4)nc3N)sc2c1. The van der Waals surface area contributed by atoms with E-state index >= 15 is 0 Å². The molecule has 2 aromatic carbocycles. The second kappa shape index (κ2) is 8.70. The van der Waals surface area contributed by atoms with Gasteiger partial charge in [0, 0.05) is 12.2 Å². The van der Waals surface area contributed by atoms with Gasteiger partial charge in [0.05, 0.1) is 15.1 Å². The molecule has 0 saturated heterocycles. The molecule has 0 atom stereocenters. The fraction of sp³-hybridized carbons (Fsp3) is 0.211. The first-order valence-electron chi connectivity index (χ1n) is 9.50. The molecule has 0 aliphatic heterocycles. The number of anilines is 3. The number of rotatable bonds is 8. The quantitative estimate of drug-likeness (QED) is 0.347. The number of nitrogens with one attached hydrogen (secondary N) is 1. The zero-order chi connectivity index (χ0) is 22.9. The summed E-state index contributed by atoms with van der Waals surface area (Å²) in [7, 11) is 0.229.